The maximum Gasteiger partial charge on any atom is 0.266 e. The van der Waals surface area contributed by atoms with Crippen molar-refractivity contribution in [1.82, 2.24) is 14.4 Å². The second-order valence-electron chi connectivity index (χ2n) is 11.1. The minimum Gasteiger partial charge on any atom is -0.280 e. The van der Waals surface area contributed by atoms with E-state index in [0.717, 1.165) is 33.4 Å². The Labute approximate surface area is 181 Å². The molecule has 0 spiro atoms. The zero-order valence-corrected chi connectivity index (χ0v) is 19.5. The van der Waals surface area contributed by atoms with Crippen LogP contribution in [-0.4, -0.2) is 20.3 Å². The minimum atomic E-state index is -2.86. The van der Waals surface area contributed by atoms with Crippen LogP contribution in [0.2, 0.25) is 0 Å². The maximum absolute atomic E-state index is 15.4. The quantitative estimate of drug-likeness (QED) is 0.311. The fourth-order valence-electron chi connectivity index (χ4n) is 5.45. The van der Waals surface area contributed by atoms with E-state index in [9.17, 15) is 0 Å². The van der Waals surface area contributed by atoms with Crippen molar-refractivity contribution in [2.45, 2.75) is 77.6 Å². The molecule has 0 atom stereocenters. The van der Waals surface area contributed by atoms with Gasteiger partial charge >= 0.3 is 0 Å². The number of halogens is 2. The van der Waals surface area contributed by atoms with Gasteiger partial charge in [0, 0.05) is 5.39 Å². The third-order valence-electron chi connectivity index (χ3n) is 7.39. The van der Waals surface area contributed by atoms with Gasteiger partial charge < -0.3 is 0 Å². The molecule has 2 heterocycles. The number of alkyl halides is 2. The molecule has 0 aliphatic heterocycles. The van der Waals surface area contributed by atoms with Crippen LogP contribution in [0.25, 0.3) is 27.6 Å². The average molecular weight is 422 g/mol. The first kappa shape index (κ1) is 20.3. The first-order chi connectivity index (χ1) is 14.2. The number of aromatic nitrogens is 3. The summed E-state index contributed by atoms with van der Waals surface area (Å²) < 4.78 is 32.8. The fraction of sp³-hybridized carbons (Fsp3) is 0.462. The van der Waals surface area contributed by atoms with Gasteiger partial charge in [0.2, 0.25) is 0 Å². The molecule has 162 valence electrons. The predicted octanol–water partition coefficient (Wildman–Crippen LogP) is 6.85. The molecule has 2 aromatic heterocycles. The van der Waals surface area contributed by atoms with Crippen molar-refractivity contribution in [2.75, 3.05) is 0 Å². The Hall–Kier alpha value is -2.56. The summed E-state index contributed by atoms with van der Waals surface area (Å²) in [6.45, 7) is 15.1. The van der Waals surface area contributed by atoms with Crippen molar-refractivity contribution in [3.8, 4) is 0 Å². The normalized spacial score (nSPS) is 19.4. The molecule has 31 heavy (non-hydrogen) atoms. The van der Waals surface area contributed by atoms with E-state index in [0.29, 0.717) is 11.1 Å². The van der Waals surface area contributed by atoms with Crippen molar-refractivity contribution in [1.29, 1.82) is 0 Å². The molecule has 0 saturated carbocycles. The Morgan fingerprint density at radius 1 is 0.903 bits per heavy atom. The van der Waals surface area contributed by atoms with Crippen LogP contribution in [0.15, 0.2) is 30.3 Å². The van der Waals surface area contributed by atoms with Crippen LogP contribution in [0, 0.1) is 6.92 Å². The number of para-hydroxylation sites is 1. The summed E-state index contributed by atoms with van der Waals surface area (Å²) in [6.07, 6.45) is 0. The van der Waals surface area contributed by atoms with Gasteiger partial charge in [-0.1, -0.05) is 32.9 Å². The highest BCUT2D eigenvalue weighted by Gasteiger charge is 2.65. The summed E-state index contributed by atoms with van der Waals surface area (Å²) in [7, 11) is 0. The topological polar surface area (TPSA) is 30.2 Å². The molecule has 0 amide bonds. The van der Waals surface area contributed by atoms with Crippen molar-refractivity contribution >= 4 is 27.6 Å². The number of imidazole rings is 1. The molecule has 0 radical (unpaired) electrons. The average Bonchev–Trinajstić information content (AvgIpc) is 3.08. The molecular weight excluding hydrogens is 392 g/mol. The van der Waals surface area contributed by atoms with E-state index >= 15 is 8.78 Å². The molecule has 4 aromatic rings. The molecule has 0 N–H and O–H groups in total. The molecule has 3 nitrogen and oxygen atoms in total. The van der Waals surface area contributed by atoms with Crippen LogP contribution in [0.1, 0.15) is 71.0 Å². The van der Waals surface area contributed by atoms with E-state index in [2.05, 4.69) is 26.8 Å². The number of hydrogen-bond donors (Lipinski definition) is 0. The summed E-state index contributed by atoms with van der Waals surface area (Å²) in [4.78, 5) is 9.90. The SMILES string of the molecule is Cc1nc2c(C(C)(C)C)cccc2c2nc3cc4c(cc3n12)C(C)(C)C(F)(F)C4(C)C. The van der Waals surface area contributed by atoms with Crippen molar-refractivity contribution in [2.24, 2.45) is 0 Å². The molecule has 1 aliphatic carbocycles. The van der Waals surface area contributed by atoms with Gasteiger partial charge in [0.15, 0.2) is 0 Å². The second-order valence-corrected chi connectivity index (χ2v) is 11.1. The van der Waals surface area contributed by atoms with Crippen LogP contribution in [-0.2, 0) is 16.2 Å². The number of rotatable bonds is 0. The van der Waals surface area contributed by atoms with Gasteiger partial charge in [-0.25, -0.2) is 18.7 Å². The number of hydrogen-bond acceptors (Lipinski definition) is 2. The molecule has 0 saturated heterocycles. The van der Waals surface area contributed by atoms with Crippen LogP contribution >= 0.6 is 0 Å². The molecule has 5 rings (SSSR count). The highest BCUT2D eigenvalue weighted by molar-refractivity contribution is 5.98. The Morgan fingerprint density at radius 2 is 1.52 bits per heavy atom. The molecule has 0 unspecified atom stereocenters. The lowest BCUT2D eigenvalue weighted by atomic mass is 9.77. The zero-order chi connectivity index (χ0) is 22.7. The van der Waals surface area contributed by atoms with Gasteiger partial charge in [-0.2, -0.15) is 0 Å². The van der Waals surface area contributed by atoms with Crippen molar-refractivity contribution in [3.05, 3.63) is 52.8 Å². The number of fused-ring (bicyclic) bond motifs is 6. The molecule has 2 aromatic carbocycles. The molecule has 5 heteroatoms. The van der Waals surface area contributed by atoms with Gasteiger partial charge in [-0.05, 0) is 74.9 Å². The number of benzene rings is 2. The predicted molar refractivity (Wildman–Crippen MR) is 122 cm³/mol. The largest absolute Gasteiger partial charge is 0.280 e. The summed E-state index contributed by atoms with van der Waals surface area (Å²) >= 11 is 0. The van der Waals surface area contributed by atoms with Gasteiger partial charge in [-0.3, -0.25) is 4.40 Å². The van der Waals surface area contributed by atoms with Crippen LogP contribution in [0.4, 0.5) is 8.78 Å². The molecular formula is C26H29F2N3. The lowest BCUT2D eigenvalue weighted by Crippen LogP contribution is -2.46. The van der Waals surface area contributed by atoms with Gasteiger partial charge in [-0.15, -0.1) is 0 Å². The van der Waals surface area contributed by atoms with E-state index in [-0.39, 0.29) is 5.41 Å². The Balaban J connectivity index is 1.93. The first-order valence-corrected chi connectivity index (χ1v) is 10.8. The van der Waals surface area contributed by atoms with E-state index in [1.807, 2.05) is 35.6 Å². The van der Waals surface area contributed by atoms with Gasteiger partial charge in [0.05, 0.1) is 27.4 Å². The maximum atomic E-state index is 15.4. The van der Waals surface area contributed by atoms with Crippen LogP contribution in [0.5, 0.6) is 0 Å². The number of aryl methyl sites for hydroxylation is 1. The Morgan fingerprint density at radius 3 is 2.13 bits per heavy atom. The summed E-state index contributed by atoms with van der Waals surface area (Å²) in [5.41, 5.74) is 3.33. The summed E-state index contributed by atoms with van der Waals surface area (Å²) in [6, 6.07) is 10.0. The van der Waals surface area contributed by atoms with Crippen LogP contribution < -0.4 is 0 Å². The Bertz CT molecular complexity index is 1400. The van der Waals surface area contributed by atoms with Crippen molar-refractivity contribution in [3.63, 3.8) is 0 Å². The lowest BCUT2D eigenvalue weighted by Gasteiger charge is -2.35. The molecule has 1 aliphatic rings. The van der Waals surface area contributed by atoms with E-state index in [4.69, 9.17) is 9.97 Å². The third kappa shape index (κ3) is 2.32. The Kier molecular flexibility index (Phi) is 3.69. The zero-order valence-electron chi connectivity index (χ0n) is 19.5. The molecule has 0 fully saturated rings. The number of nitrogens with zero attached hydrogens (tertiary/aromatic N) is 3. The van der Waals surface area contributed by atoms with E-state index < -0.39 is 16.8 Å². The smallest absolute Gasteiger partial charge is 0.266 e. The van der Waals surface area contributed by atoms with Gasteiger partial charge in [0.25, 0.3) is 5.92 Å². The monoisotopic (exact) mass is 421 g/mol. The summed E-state index contributed by atoms with van der Waals surface area (Å²) in [5.74, 6) is -2.05. The second kappa shape index (κ2) is 5.62. The standard InChI is InChI=1S/C26H29F2N3/c1-14-29-21-15(10-9-11-16(21)23(2,3)4)22-30-19-12-17-18(13-20(19)31(14)22)25(7,8)26(27,28)24(17,5)6/h9-13H,1-8H3. The first-order valence-electron chi connectivity index (χ1n) is 10.8. The summed E-state index contributed by atoms with van der Waals surface area (Å²) in [5, 5.41) is 0.984. The van der Waals surface area contributed by atoms with Gasteiger partial charge in [0.1, 0.15) is 11.5 Å². The minimum absolute atomic E-state index is 0.0515. The fourth-order valence-corrected chi connectivity index (χ4v) is 5.45. The molecule has 0 bridgehead atoms. The lowest BCUT2D eigenvalue weighted by molar-refractivity contribution is -0.105. The van der Waals surface area contributed by atoms with Crippen molar-refractivity contribution < 1.29 is 8.78 Å². The highest BCUT2D eigenvalue weighted by Crippen LogP contribution is 2.59. The van der Waals surface area contributed by atoms with E-state index in [1.165, 1.54) is 5.56 Å². The third-order valence-corrected chi connectivity index (χ3v) is 7.39. The van der Waals surface area contributed by atoms with E-state index in [1.54, 1.807) is 27.7 Å². The van der Waals surface area contributed by atoms with Crippen LogP contribution in [0.3, 0.4) is 0 Å². The highest BCUT2D eigenvalue weighted by atomic mass is 19.3.